The smallest absolute Gasteiger partial charge is 0.194 e. The van der Waals surface area contributed by atoms with E-state index in [-0.39, 0.29) is 11.6 Å². The first-order valence-electron chi connectivity index (χ1n) is 12.5. The van der Waals surface area contributed by atoms with Gasteiger partial charge in [0.15, 0.2) is 11.6 Å². The van der Waals surface area contributed by atoms with Crippen molar-refractivity contribution in [3.63, 3.8) is 0 Å². The average Bonchev–Trinajstić information content (AvgIpc) is 2.95. The zero-order valence-corrected chi connectivity index (χ0v) is 20.2. The van der Waals surface area contributed by atoms with E-state index in [9.17, 15) is 9.59 Å². The highest BCUT2D eigenvalue weighted by molar-refractivity contribution is 6.30. The molecule has 6 aromatic rings. The largest absolute Gasteiger partial charge is 0.398 e. The van der Waals surface area contributed by atoms with Crippen LogP contribution in [0.15, 0.2) is 97.1 Å². The number of nitrogen functional groups attached to an aromatic ring is 2. The summed E-state index contributed by atoms with van der Waals surface area (Å²) in [6, 6.07) is 30.9. The van der Waals surface area contributed by atoms with Crippen LogP contribution in [-0.2, 0) is 0 Å². The van der Waals surface area contributed by atoms with E-state index in [1.165, 1.54) is 0 Å². The van der Waals surface area contributed by atoms with Gasteiger partial charge in [-0.05, 0) is 34.0 Å². The van der Waals surface area contributed by atoms with E-state index < -0.39 is 0 Å². The van der Waals surface area contributed by atoms with Crippen LogP contribution in [0.4, 0.5) is 11.4 Å². The number of carbonyl (C=O) groups excluding carboxylic acids is 2. The van der Waals surface area contributed by atoms with E-state index in [2.05, 4.69) is 0 Å². The summed E-state index contributed by atoms with van der Waals surface area (Å²) in [4.78, 5) is 26.7. The molecule has 4 heteroatoms. The number of carbonyl (C=O) groups is 2. The van der Waals surface area contributed by atoms with E-state index in [4.69, 9.17) is 11.5 Å². The minimum absolute atomic E-state index is 0.00861. The molecule has 0 spiro atoms. The van der Waals surface area contributed by atoms with Crippen LogP contribution in [0, 0.1) is 0 Å². The van der Waals surface area contributed by atoms with Crippen LogP contribution < -0.4 is 11.5 Å². The van der Waals surface area contributed by atoms with Crippen LogP contribution >= 0.6 is 0 Å². The number of anilines is 2. The van der Waals surface area contributed by atoms with Crippen LogP contribution in [0.2, 0.25) is 0 Å². The Morgan fingerprint density at radius 1 is 0.395 bits per heavy atom. The van der Waals surface area contributed by atoms with Crippen molar-refractivity contribution in [3.05, 3.63) is 119 Å². The highest BCUT2D eigenvalue weighted by Gasteiger charge is 2.31. The Balaban J connectivity index is 1.52. The molecule has 0 heterocycles. The Kier molecular flexibility index (Phi) is 3.95. The normalized spacial score (nSPS) is 13.1. The van der Waals surface area contributed by atoms with Gasteiger partial charge in [0.05, 0.1) is 0 Å². The number of rotatable bonds is 1. The van der Waals surface area contributed by atoms with Crippen molar-refractivity contribution in [3.8, 4) is 33.4 Å². The van der Waals surface area contributed by atoms with E-state index in [1.807, 2.05) is 97.1 Å². The maximum atomic E-state index is 13.3. The third-order valence-electron chi connectivity index (χ3n) is 8.07. The molecule has 0 aliphatic heterocycles. The fourth-order valence-corrected chi connectivity index (χ4v) is 6.42. The van der Waals surface area contributed by atoms with Gasteiger partial charge >= 0.3 is 0 Å². The van der Waals surface area contributed by atoms with Crippen molar-refractivity contribution in [1.82, 2.24) is 0 Å². The molecule has 0 atom stereocenters. The first-order chi connectivity index (χ1) is 18.5. The van der Waals surface area contributed by atoms with Crippen LogP contribution in [0.3, 0.4) is 0 Å². The third kappa shape index (κ3) is 2.49. The summed E-state index contributed by atoms with van der Waals surface area (Å²) in [6.45, 7) is 0. The van der Waals surface area contributed by atoms with Gasteiger partial charge in [0.1, 0.15) is 0 Å². The van der Waals surface area contributed by atoms with Crippen molar-refractivity contribution >= 4 is 44.5 Å². The maximum Gasteiger partial charge on any atom is 0.194 e. The first-order valence-corrected chi connectivity index (χ1v) is 12.5. The minimum atomic E-state index is 0.00861. The number of ketones is 2. The van der Waals surface area contributed by atoms with Gasteiger partial charge in [0.25, 0.3) is 0 Å². The summed E-state index contributed by atoms with van der Waals surface area (Å²) < 4.78 is 0. The molecule has 0 saturated carbocycles. The van der Waals surface area contributed by atoms with Crippen LogP contribution in [0.1, 0.15) is 31.8 Å². The van der Waals surface area contributed by atoms with Gasteiger partial charge in [-0.2, -0.15) is 0 Å². The lowest BCUT2D eigenvalue weighted by Crippen LogP contribution is -2.13. The van der Waals surface area contributed by atoms with Crippen molar-refractivity contribution in [2.75, 3.05) is 11.5 Å². The maximum absolute atomic E-state index is 13.3. The zero-order valence-electron chi connectivity index (χ0n) is 20.2. The lowest BCUT2D eigenvalue weighted by atomic mass is 9.78. The fourth-order valence-electron chi connectivity index (χ4n) is 6.42. The minimum Gasteiger partial charge on any atom is -0.398 e. The van der Waals surface area contributed by atoms with Gasteiger partial charge in [-0.3, -0.25) is 9.59 Å². The molecule has 8 rings (SSSR count). The monoisotopic (exact) mass is 488 g/mol. The van der Waals surface area contributed by atoms with E-state index in [0.717, 1.165) is 54.9 Å². The van der Waals surface area contributed by atoms with E-state index in [1.54, 1.807) is 0 Å². The molecule has 2 aliphatic carbocycles. The molecule has 0 unspecified atom stereocenters. The first kappa shape index (κ1) is 20.9. The van der Waals surface area contributed by atoms with Gasteiger partial charge < -0.3 is 11.5 Å². The average molecular weight is 489 g/mol. The fraction of sp³-hybridized carbons (Fsp3) is 0. The SMILES string of the molecule is Nc1c(-c2cc3cccc4c3c(c2N)-c2ccccc2C4=O)cc2cccc3c2c1-c1ccccc1C3=O. The van der Waals surface area contributed by atoms with Gasteiger partial charge in [-0.25, -0.2) is 0 Å². The quantitative estimate of drug-likeness (QED) is 0.238. The van der Waals surface area contributed by atoms with Crippen LogP contribution in [0.25, 0.3) is 54.9 Å². The van der Waals surface area contributed by atoms with Gasteiger partial charge in [0, 0.05) is 66.7 Å². The van der Waals surface area contributed by atoms with E-state index >= 15 is 0 Å². The summed E-state index contributed by atoms with van der Waals surface area (Å²) in [5.74, 6) is 0.0172. The number of hydrogen-bond donors (Lipinski definition) is 2. The summed E-state index contributed by atoms with van der Waals surface area (Å²) in [5.41, 5.74) is 22.8. The van der Waals surface area contributed by atoms with Crippen molar-refractivity contribution in [2.45, 2.75) is 0 Å². The number of nitrogens with two attached hydrogens (primary N) is 2. The Bertz CT molecular complexity index is 1940. The molecule has 0 bridgehead atoms. The molecule has 38 heavy (non-hydrogen) atoms. The number of fused-ring (bicyclic) bond motifs is 4. The highest BCUT2D eigenvalue weighted by Crippen LogP contribution is 2.51. The molecular weight excluding hydrogens is 468 g/mol. The molecule has 0 saturated heterocycles. The van der Waals surface area contributed by atoms with Crippen molar-refractivity contribution < 1.29 is 9.59 Å². The summed E-state index contributed by atoms with van der Waals surface area (Å²) in [5, 5.41) is 3.61. The molecule has 178 valence electrons. The Hall–Kier alpha value is -5.22. The molecule has 6 aromatic carbocycles. The Morgan fingerprint density at radius 2 is 0.763 bits per heavy atom. The Labute approximate surface area is 218 Å². The summed E-state index contributed by atoms with van der Waals surface area (Å²) >= 11 is 0. The number of hydrogen-bond acceptors (Lipinski definition) is 4. The lowest BCUT2D eigenvalue weighted by molar-refractivity contribution is 0.103. The predicted octanol–water partition coefficient (Wildman–Crippen LogP) is 7.25. The molecular formula is C34H20N2O2. The molecule has 0 radical (unpaired) electrons. The molecule has 4 N–H and O–H groups in total. The molecule has 0 amide bonds. The van der Waals surface area contributed by atoms with Gasteiger partial charge in [-0.1, -0.05) is 84.9 Å². The van der Waals surface area contributed by atoms with Crippen molar-refractivity contribution in [1.29, 1.82) is 0 Å². The third-order valence-corrected chi connectivity index (χ3v) is 8.07. The number of benzene rings is 6. The Morgan fingerprint density at radius 3 is 1.18 bits per heavy atom. The zero-order chi connectivity index (χ0) is 25.7. The second kappa shape index (κ2) is 7.17. The molecule has 2 aliphatic rings. The van der Waals surface area contributed by atoms with E-state index in [0.29, 0.717) is 33.6 Å². The molecule has 0 aromatic heterocycles. The molecule has 0 fully saturated rings. The summed E-state index contributed by atoms with van der Waals surface area (Å²) in [7, 11) is 0. The van der Waals surface area contributed by atoms with Gasteiger partial charge in [-0.15, -0.1) is 0 Å². The standard InChI is InChI=1S/C34H20N2O2/c35-31-25(15-17-7-5-13-23-27(17)29(31)19-9-1-3-11-21(19)33(23)37)26-16-18-8-6-14-24-28(18)30(32(26)36)20-10-2-4-12-22(20)34(24)38/h1-16H,35-36H2. The highest BCUT2D eigenvalue weighted by atomic mass is 16.1. The van der Waals surface area contributed by atoms with Crippen LogP contribution in [-0.4, -0.2) is 11.6 Å². The lowest BCUT2D eigenvalue weighted by Gasteiger charge is -2.26. The van der Waals surface area contributed by atoms with Gasteiger partial charge in [0.2, 0.25) is 0 Å². The second-order valence-corrected chi connectivity index (χ2v) is 9.98. The van der Waals surface area contributed by atoms with Crippen molar-refractivity contribution in [2.24, 2.45) is 0 Å². The van der Waals surface area contributed by atoms with Crippen LogP contribution in [0.5, 0.6) is 0 Å². The topological polar surface area (TPSA) is 86.2 Å². The predicted molar refractivity (Wildman–Crippen MR) is 153 cm³/mol. The second-order valence-electron chi connectivity index (χ2n) is 9.98. The molecule has 4 nitrogen and oxygen atoms in total. The summed E-state index contributed by atoms with van der Waals surface area (Å²) in [6.07, 6.45) is 0.